The Morgan fingerprint density at radius 2 is 1.16 bits per heavy atom. The summed E-state index contributed by atoms with van der Waals surface area (Å²) >= 11 is 0. The van der Waals surface area contributed by atoms with Gasteiger partial charge < -0.3 is 19.3 Å². The molecule has 7 rings (SSSR count). The predicted octanol–water partition coefficient (Wildman–Crippen LogP) is 9.03. The zero-order chi connectivity index (χ0) is 29.6. The number of benzene rings is 6. The summed E-state index contributed by atoms with van der Waals surface area (Å²) in [6.07, 6.45) is 5.97. The Kier molecular flexibility index (Phi) is 8.01. The Morgan fingerprint density at radius 1 is 0.605 bits per heavy atom. The van der Waals surface area contributed by atoms with Gasteiger partial charge in [0.2, 0.25) is 0 Å². The van der Waals surface area contributed by atoms with Gasteiger partial charge in [0.25, 0.3) is 0 Å². The van der Waals surface area contributed by atoms with Crippen molar-refractivity contribution in [2.75, 3.05) is 14.2 Å². The predicted molar refractivity (Wildman–Crippen MR) is 175 cm³/mol. The first kappa shape index (κ1) is 27.9. The first-order valence-electron chi connectivity index (χ1n) is 14.4. The molecule has 1 aliphatic heterocycles. The van der Waals surface area contributed by atoms with Gasteiger partial charge >= 0.3 is 0 Å². The van der Waals surface area contributed by atoms with Crippen LogP contribution in [0.1, 0.15) is 16.7 Å². The molecule has 214 valence electrons. The van der Waals surface area contributed by atoms with Crippen molar-refractivity contribution in [1.29, 1.82) is 0 Å². The summed E-state index contributed by atoms with van der Waals surface area (Å²) in [5.74, 6) is 2.96. The largest absolute Gasteiger partial charge is 0.508 e. The molecule has 0 unspecified atom stereocenters. The van der Waals surface area contributed by atoms with Crippen LogP contribution in [0.5, 0.6) is 23.0 Å². The highest BCUT2D eigenvalue weighted by atomic mass is 16.5. The molecule has 4 nitrogen and oxygen atoms in total. The molecular formula is C39H34O4. The third-order valence-corrected chi connectivity index (χ3v) is 7.86. The van der Waals surface area contributed by atoms with Crippen LogP contribution in [0, 0.1) is 0 Å². The third kappa shape index (κ3) is 6.34. The van der Waals surface area contributed by atoms with Gasteiger partial charge in [-0.15, -0.1) is 0 Å². The zero-order valence-corrected chi connectivity index (χ0v) is 24.4. The van der Waals surface area contributed by atoms with Gasteiger partial charge in [0.1, 0.15) is 28.6 Å². The normalized spacial score (nSPS) is 13.0. The average Bonchev–Trinajstić information content (AvgIpc) is 3.05. The topological polar surface area (TPSA) is 47.9 Å². The summed E-state index contributed by atoms with van der Waals surface area (Å²) in [5, 5.41) is 13.8. The van der Waals surface area contributed by atoms with E-state index in [2.05, 4.69) is 72.8 Å². The second-order valence-corrected chi connectivity index (χ2v) is 10.8. The third-order valence-electron chi connectivity index (χ3n) is 7.86. The molecular weight excluding hydrogens is 532 g/mol. The maximum atomic E-state index is 9.13. The van der Waals surface area contributed by atoms with Crippen LogP contribution in [0.4, 0.5) is 0 Å². The van der Waals surface area contributed by atoms with Crippen molar-refractivity contribution in [3.05, 3.63) is 150 Å². The monoisotopic (exact) mass is 566 g/mol. The fourth-order valence-corrected chi connectivity index (χ4v) is 5.63. The fourth-order valence-electron chi connectivity index (χ4n) is 5.63. The average molecular weight is 567 g/mol. The summed E-state index contributed by atoms with van der Waals surface area (Å²) in [7, 11) is 3.38. The van der Waals surface area contributed by atoms with E-state index in [1.807, 2.05) is 54.6 Å². The van der Waals surface area contributed by atoms with E-state index in [9.17, 15) is 0 Å². The van der Waals surface area contributed by atoms with Gasteiger partial charge in [-0.05, 0) is 81.2 Å². The number of methoxy groups -OCH3 is 2. The van der Waals surface area contributed by atoms with E-state index < -0.39 is 5.60 Å². The smallest absolute Gasteiger partial charge is 0.135 e. The van der Waals surface area contributed by atoms with Crippen LogP contribution in [-0.4, -0.2) is 24.9 Å². The van der Waals surface area contributed by atoms with E-state index in [1.54, 1.807) is 26.4 Å². The molecule has 0 aliphatic carbocycles. The number of phenols is 1. The van der Waals surface area contributed by atoms with Gasteiger partial charge in [0.15, 0.2) is 0 Å². The van der Waals surface area contributed by atoms with Gasteiger partial charge in [-0.3, -0.25) is 0 Å². The minimum Gasteiger partial charge on any atom is -0.508 e. The van der Waals surface area contributed by atoms with E-state index in [-0.39, 0.29) is 0 Å². The van der Waals surface area contributed by atoms with Crippen LogP contribution in [-0.2, 0) is 12.8 Å². The Morgan fingerprint density at radius 3 is 1.79 bits per heavy atom. The lowest BCUT2D eigenvalue weighted by Crippen LogP contribution is -2.40. The number of fused-ring (bicyclic) bond motifs is 4. The molecule has 0 fully saturated rings. The maximum Gasteiger partial charge on any atom is 0.135 e. The van der Waals surface area contributed by atoms with Crippen molar-refractivity contribution < 1.29 is 19.3 Å². The van der Waals surface area contributed by atoms with Crippen LogP contribution >= 0.6 is 0 Å². The Bertz CT molecular complexity index is 1820. The minimum atomic E-state index is -0.487. The molecule has 43 heavy (non-hydrogen) atoms. The summed E-state index contributed by atoms with van der Waals surface area (Å²) in [5.41, 5.74) is 3.06. The maximum absolute atomic E-state index is 9.13. The van der Waals surface area contributed by atoms with Gasteiger partial charge in [0.05, 0.1) is 14.2 Å². The molecule has 0 aromatic heterocycles. The second-order valence-electron chi connectivity index (χ2n) is 10.8. The van der Waals surface area contributed by atoms with E-state index in [4.69, 9.17) is 19.3 Å². The number of ether oxygens (including phenoxy) is 3. The quantitative estimate of drug-likeness (QED) is 0.219. The van der Waals surface area contributed by atoms with Crippen molar-refractivity contribution >= 4 is 27.6 Å². The van der Waals surface area contributed by atoms with Crippen molar-refractivity contribution in [3.63, 3.8) is 0 Å². The molecule has 0 amide bonds. The number of aromatic hydroxyl groups is 1. The molecule has 0 bridgehead atoms. The molecule has 0 radical (unpaired) electrons. The van der Waals surface area contributed by atoms with Crippen molar-refractivity contribution in [2.24, 2.45) is 0 Å². The van der Waals surface area contributed by atoms with Crippen LogP contribution < -0.4 is 14.2 Å². The minimum absolute atomic E-state index is 0.323. The Balaban J connectivity index is 0.000000250. The molecule has 4 heteroatoms. The number of hydrogen-bond donors (Lipinski definition) is 1. The van der Waals surface area contributed by atoms with Crippen molar-refractivity contribution in [1.82, 2.24) is 0 Å². The SMILES string of the molecule is COc1ccc(CC2(Cc3ccc(OC)cc3)C=Cc3c(ccc4ccccc34)O2)cc1.Oc1ccc2ccccc2c1. The molecule has 0 atom stereocenters. The van der Waals surface area contributed by atoms with E-state index >= 15 is 0 Å². The van der Waals surface area contributed by atoms with Crippen molar-refractivity contribution in [2.45, 2.75) is 18.4 Å². The standard InChI is InChI=1S/C29H26O3.C10H8O/c1-30-24-12-7-21(8-13-24)19-29(20-22-9-14-25(31-2)15-10-22)18-17-27-26-6-4-3-5-23(26)11-16-28(27)32-29;11-10-6-5-8-3-1-2-4-9(8)7-10/h3-18H,19-20H2,1-2H3;1-7,11H. The van der Waals surface area contributed by atoms with Crippen LogP contribution in [0.25, 0.3) is 27.6 Å². The number of rotatable bonds is 6. The Labute approximate surface area is 252 Å². The first-order chi connectivity index (χ1) is 21.0. The van der Waals surface area contributed by atoms with Crippen LogP contribution in [0.3, 0.4) is 0 Å². The zero-order valence-electron chi connectivity index (χ0n) is 24.4. The lowest BCUT2D eigenvalue weighted by molar-refractivity contribution is 0.118. The van der Waals surface area contributed by atoms with Gasteiger partial charge in [-0.1, -0.05) is 91.0 Å². The molecule has 0 saturated carbocycles. The van der Waals surface area contributed by atoms with Gasteiger partial charge in [-0.2, -0.15) is 0 Å². The van der Waals surface area contributed by atoms with Gasteiger partial charge in [-0.25, -0.2) is 0 Å². The summed E-state index contributed by atoms with van der Waals surface area (Å²) in [6, 6.07) is 42.5. The van der Waals surface area contributed by atoms with E-state index in [1.165, 1.54) is 21.9 Å². The number of hydrogen-bond acceptors (Lipinski definition) is 4. The second kappa shape index (κ2) is 12.3. The fraction of sp³-hybridized carbons (Fsp3) is 0.128. The molecule has 6 aromatic rings. The summed E-state index contributed by atoms with van der Waals surface area (Å²) in [6.45, 7) is 0. The lowest BCUT2D eigenvalue weighted by Gasteiger charge is -2.36. The van der Waals surface area contributed by atoms with Crippen LogP contribution in [0.2, 0.25) is 0 Å². The highest BCUT2D eigenvalue weighted by molar-refractivity contribution is 5.93. The molecule has 6 aromatic carbocycles. The Hall–Kier alpha value is -5.22. The van der Waals surface area contributed by atoms with E-state index in [0.29, 0.717) is 5.75 Å². The summed E-state index contributed by atoms with van der Waals surface area (Å²) in [4.78, 5) is 0. The van der Waals surface area contributed by atoms with Crippen molar-refractivity contribution in [3.8, 4) is 23.0 Å². The highest BCUT2D eigenvalue weighted by Gasteiger charge is 2.34. The summed E-state index contributed by atoms with van der Waals surface area (Å²) < 4.78 is 17.5. The molecule has 1 aliphatic rings. The molecule has 1 N–H and O–H groups in total. The van der Waals surface area contributed by atoms with E-state index in [0.717, 1.165) is 46.4 Å². The van der Waals surface area contributed by atoms with Gasteiger partial charge in [0, 0.05) is 18.4 Å². The highest BCUT2D eigenvalue weighted by Crippen LogP contribution is 2.39. The molecule has 1 heterocycles. The van der Waals surface area contributed by atoms with Crippen LogP contribution in [0.15, 0.2) is 133 Å². The lowest BCUT2D eigenvalue weighted by atomic mass is 9.84. The molecule has 0 saturated heterocycles. The molecule has 0 spiro atoms. The first-order valence-corrected chi connectivity index (χ1v) is 14.4. The number of phenolic OH excluding ortho intramolecular Hbond substituents is 1.